The van der Waals surface area contributed by atoms with Gasteiger partial charge >= 0.3 is 0 Å². The van der Waals surface area contributed by atoms with Crippen molar-refractivity contribution in [3.63, 3.8) is 0 Å². The Morgan fingerprint density at radius 1 is 1.15 bits per heavy atom. The summed E-state index contributed by atoms with van der Waals surface area (Å²) in [4.78, 5) is 4.44. The van der Waals surface area contributed by atoms with Gasteiger partial charge in [0.2, 0.25) is 16.9 Å². The third kappa shape index (κ3) is 2.88. The van der Waals surface area contributed by atoms with E-state index in [1.807, 2.05) is 24.3 Å². The first-order chi connectivity index (χ1) is 9.70. The predicted octanol–water partition coefficient (Wildman–Crippen LogP) is 2.76. The zero-order valence-corrected chi connectivity index (χ0v) is 11.9. The topological polar surface area (TPSA) is 80.5 Å². The number of aromatic amines is 1. The molecule has 0 saturated heterocycles. The first kappa shape index (κ1) is 12.9. The zero-order valence-electron chi connectivity index (χ0n) is 11.1. The normalized spacial score (nSPS) is 10.9. The molecular formula is C13H13N5OS. The summed E-state index contributed by atoms with van der Waals surface area (Å²) in [7, 11) is 0. The SMILES string of the molecule is Cc1ccc(-c2nc(SCc3nnc(C)o3)n[nH]2)cc1. The number of thioether (sulfide) groups is 1. The number of aryl methyl sites for hydroxylation is 2. The molecule has 0 spiro atoms. The van der Waals surface area contributed by atoms with E-state index in [1.54, 1.807) is 6.92 Å². The molecule has 0 aliphatic carbocycles. The van der Waals surface area contributed by atoms with Crippen LogP contribution in [-0.2, 0) is 5.75 Å². The molecule has 3 rings (SSSR count). The minimum atomic E-state index is 0.562. The number of rotatable bonds is 4. The summed E-state index contributed by atoms with van der Waals surface area (Å²) < 4.78 is 5.30. The Morgan fingerprint density at radius 2 is 1.95 bits per heavy atom. The summed E-state index contributed by atoms with van der Waals surface area (Å²) in [6.07, 6.45) is 0. The van der Waals surface area contributed by atoms with Crippen molar-refractivity contribution in [2.45, 2.75) is 24.8 Å². The van der Waals surface area contributed by atoms with Crippen molar-refractivity contribution in [3.05, 3.63) is 41.6 Å². The Balaban J connectivity index is 1.69. The molecule has 0 bridgehead atoms. The van der Waals surface area contributed by atoms with E-state index in [9.17, 15) is 0 Å². The van der Waals surface area contributed by atoms with Gasteiger partial charge in [-0.15, -0.1) is 15.3 Å². The third-order valence-corrected chi connectivity index (χ3v) is 3.51. The summed E-state index contributed by atoms with van der Waals surface area (Å²) in [6, 6.07) is 8.13. The third-order valence-electron chi connectivity index (χ3n) is 2.68. The maximum absolute atomic E-state index is 5.30. The van der Waals surface area contributed by atoms with E-state index < -0.39 is 0 Å². The summed E-state index contributed by atoms with van der Waals surface area (Å²) >= 11 is 1.46. The Hall–Kier alpha value is -2.15. The first-order valence-corrected chi connectivity index (χ1v) is 7.10. The molecule has 1 N–H and O–H groups in total. The molecule has 0 unspecified atom stereocenters. The Bertz CT molecular complexity index is 704. The van der Waals surface area contributed by atoms with E-state index >= 15 is 0 Å². The standard InChI is InChI=1S/C13H13N5OS/c1-8-3-5-10(6-4-8)12-14-13(18-17-12)20-7-11-16-15-9(2)19-11/h3-6H,7H2,1-2H3,(H,14,17,18). The van der Waals surface area contributed by atoms with E-state index in [2.05, 4.69) is 32.3 Å². The lowest BCUT2D eigenvalue weighted by Gasteiger charge is -1.96. The van der Waals surface area contributed by atoms with Crippen LogP contribution < -0.4 is 0 Å². The van der Waals surface area contributed by atoms with Gasteiger partial charge in [-0.2, -0.15) is 0 Å². The molecule has 0 aliphatic heterocycles. The molecule has 3 aromatic rings. The highest BCUT2D eigenvalue weighted by Gasteiger charge is 2.08. The average molecular weight is 287 g/mol. The largest absolute Gasteiger partial charge is 0.425 e. The Kier molecular flexibility index (Phi) is 3.51. The first-order valence-electron chi connectivity index (χ1n) is 6.12. The fourth-order valence-electron chi connectivity index (χ4n) is 1.67. The van der Waals surface area contributed by atoms with Crippen molar-refractivity contribution in [1.82, 2.24) is 25.4 Å². The lowest BCUT2D eigenvalue weighted by molar-refractivity contribution is 0.485. The Labute approximate surface area is 120 Å². The molecule has 1 aromatic carbocycles. The van der Waals surface area contributed by atoms with E-state index in [1.165, 1.54) is 17.3 Å². The molecule has 20 heavy (non-hydrogen) atoms. The molecule has 0 aliphatic rings. The Morgan fingerprint density at radius 3 is 2.65 bits per heavy atom. The number of aromatic nitrogens is 5. The monoisotopic (exact) mass is 287 g/mol. The van der Waals surface area contributed by atoms with Crippen LogP contribution in [0.5, 0.6) is 0 Å². The van der Waals surface area contributed by atoms with Gasteiger partial charge in [0.15, 0.2) is 5.82 Å². The van der Waals surface area contributed by atoms with Crippen LogP contribution in [0.3, 0.4) is 0 Å². The number of hydrogen-bond acceptors (Lipinski definition) is 6. The van der Waals surface area contributed by atoms with Gasteiger partial charge in [-0.3, -0.25) is 5.10 Å². The van der Waals surface area contributed by atoms with Crippen LogP contribution in [0.1, 0.15) is 17.3 Å². The second kappa shape index (κ2) is 5.46. The van der Waals surface area contributed by atoms with Crippen LogP contribution in [0.15, 0.2) is 33.8 Å². The smallest absolute Gasteiger partial charge is 0.226 e. The molecule has 2 aromatic heterocycles. The van der Waals surface area contributed by atoms with Gasteiger partial charge in [-0.1, -0.05) is 41.6 Å². The van der Waals surface area contributed by atoms with E-state index in [4.69, 9.17) is 4.42 Å². The van der Waals surface area contributed by atoms with Crippen LogP contribution in [-0.4, -0.2) is 25.4 Å². The summed E-state index contributed by atoms with van der Waals surface area (Å²) in [5, 5.41) is 15.5. The molecule has 0 amide bonds. The average Bonchev–Trinajstić information content (AvgIpc) is 3.06. The van der Waals surface area contributed by atoms with Crippen molar-refractivity contribution < 1.29 is 4.42 Å². The fraction of sp³-hybridized carbons (Fsp3) is 0.231. The maximum atomic E-state index is 5.30. The summed E-state index contributed by atoms with van der Waals surface area (Å²) in [6.45, 7) is 3.82. The molecule has 0 radical (unpaired) electrons. The zero-order chi connectivity index (χ0) is 13.9. The van der Waals surface area contributed by atoms with Crippen molar-refractivity contribution in [3.8, 4) is 11.4 Å². The van der Waals surface area contributed by atoms with Crippen LogP contribution in [0, 0.1) is 13.8 Å². The van der Waals surface area contributed by atoms with Crippen molar-refractivity contribution in [1.29, 1.82) is 0 Å². The number of benzene rings is 1. The van der Waals surface area contributed by atoms with Gasteiger partial charge in [0, 0.05) is 12.5 Å². The minimum absolute atomic E-state index is 0.562. The highest BCUT2D eigenvalue weighted by molar-refractivity contribution is 7.98. The quantitative estimate of drug-likeness (QED) is 0.743. The minimum Gasteiger partial charge on any atom is -0.425 e. The van der Waals surface area contributed by atoms with Gasteiger partial charge < -0.3 is 4.42 Å². The molecule has 0 saturated carbocycles. The molecule has 2 heterocycles. The van der Waals surface area contributed by atoms with E-state index in [-0.39, 0.29) is 0 Å². The molecular weight excluding hydrogens is 274 g/mol. The van der Waals surface area contributed by atoms with Crippen molar-refractivity contribution in [2.24, 2.45) is 0 Å². The molecule has 0 fully saturated rings. The second-order valence-corrected chi connectivity index (χ2v) is 5.28. The number of nitrogens with zero attached hydrogens (tertiary/aromatic N) is 4. The summed E-state index contributed by atoms with van der Waals surface area (Å²) in [5.74, 6) is 2.46. The maximum Gasteiger partial charge on any atom is 0.226 e. The number of nitrogens with one attached hydrogen (secondary N) is 1. The summed E-state index contributed by atoms with van der Waals surface area (Å²) in [5.41, 5.74) is 2.23. The molecule has 0 atom stereocenters. The van der Waals surface area contributed by atoms with Gasteiger partial charge in [0.05, 0.1) is 5.75 Å². The van der Waals surface area contributed by atoms with Crippen molar-refractivity contribution in [2.75, 3.05) is 0 Å². The van der Waals surface area contributed by atoms with Crippen LogP contribution in [0.2, 0.25) is 0 Å². The van der Waals surface area contributed by atoms with E-state index in [0.717, 1.165) is 11.4 Å². The van der Waals surface area contributed by atoms with Gasteiger partial charge in [-0.05, 0) is 6.92 Å². The highest BCUT2D eigenvalue weighted by Crippen LogP contribution is 2.22. The van der Waals surface area contributed by atoms with Crippen molar-refractivity contribution >= 4 is 11.8 Å². The highest BCUT2D eigenvalue weighted by atomic mass is 32.2. The molecule has 6 nitrogen and oxygen atoms in total. The van der Waals surface area contributed by atoms with Crippen LogP contribution in [0.25, 0.3) is 11.4 Å². The predicted molar refractivity (Wildman–Crippen MR) is 75.2 cm³/mol. The second-order valence-electron chi connectivity index (χ2n) is 4.34. The number of H-pyrrole nitrogens is 1. The molecule has 102 valence electrons. The van der Waals surface area contributed by atoms with Crippen LogP contribution in [0.4, 0.5) is 0 Å². The van der Waals surface area contributed by atoms with Gasteiger partial charge in [-0.25, -0.2) is 4.98 Å². The van der Waals surface area contributed by atoms with E-state index in [0.29, 0.717) is 22.7 Å². The van der Waals surface area contributed by atoms with Gasteiger partial charge in [0.1, 0.15) is 0 Å². The fourth-order valence-corrected chi connectivity index (χ4v) is 2.31. The lowest BCUT2D eigenvalue weighted by atomic mass is 10.1. The van der Waals surface area contributed by atoms with Crippen LogP contribution >= 0.6 is 11.8 Å². The molecule has 7 heteroatoms. The lowest BCUT2D eigenvalue weighted by Crippen LogP contribution is -1.82. The number of hydrogen-bond donors (Lipinski definition) is 1. The van der Waals surface area contributed by atoms with Gasteiger partial charge in [0.25, 0.3) is 0 Å².